The molecule has 10 heteroatoms. The van der Waals surface area contributed by atoms with E-state index in [0.29, 0.717) is 41.2 Å². The molecule has 2 heterocycles. The van der Waals surface area contributed by atoms with E-state index in [9.17, 15) is 18.0 Å². The number of halogens is 1. The van der Waals surface area contributed by atoms with Crippen LogP contribution >= 0.6 is 11.6 Å². The number of amides is 2. The topological polar surface area (TPSA) is 96.0 Å². The number of carbonyl (C=O) groups is 2. The molecule has 2 aliphatic heterocycles. The Bertz CT molecular complexity index is 1500. The van der Waals surface area contributed by atoms with Crippen LogP contribution in [-0.4, -0.2) is 57.6 Å². The van der Waals surface area contributed by atoms with Crippen molar-refractivity contribution in [2.45, 2.75) is 83.5 Å². The lowest BCUT2D eigenvalue weighted by Crippen LogP contribution is -2.43. The molecule has 2 aromatic rings. The standard InChI is InChI=1S/C35H48ClN3O5S/c1-23-8-7-10-26(20-34(40)38(3)4)31-15-12-28(31)21-39-17-6-5-9-25-18-30(36)14-11-29(25)22-44-33-16-13-27(19-32(33)39)35(41)37-45(42,43)24(23)2/h11,13-14,16,18-19,23-24,26,28,31H,5-10,12,15,17,20-22H2,1-4H3,(H,37,41)/t23-,24+,26+,28-,31-/m0/s1. The summed E-state index contributed by atoms with van der Waals surface area (Å²) in [6.45, 7) is 5.54. The zero-order chi connectivity index (χ0) is 32.3. The largest absolute Gasteiger partial charge is 0.487 e. The number of fused-ring (bicyclic) bond motifs is 3. The van der Waals surface area contributed by atoms with Crippen LogP contribution in [-0.2, 0) is 27.8 Å². The van der Waals surface area contributed by atoms with Crippen LogP contribution in [0.25, 0.3) is 0 Å². The lowest BCUT2D eigenvalue weighted by molar-refractivity contribution is -0.130. The molecule has 0 saturated heterocycles. The first-order chi connectivity index (χ1) is 21.4. The summed E-state index contributed by atoms with van der Waals surface area (Å²) in [5, 5.41) is -0.0244. The molecule has 2 amide bonds. The van der Waals surface area contributed by atoms with Gasteiger partial charge in [-0.15, -0.1) is 0 Å². The average molecular weight is 658 g/mol. The van der Waals surface area contributed by atoms with Crippen LogP contribution in [0, 0.1) is 23.7 Å². The maximum atomic E-state index is 13.4. The maximum Gasteiger partial charge on any atom is 0.264 e. The number of anilines is 1. The van der Waals surface area contributed by atoms with Crippen molar-refractivity contribution < 1.29 is 22.7 Å². The molecule has 0 aromatic heterocycles. The molecule has 1 fully saturated rings. The summed E-state index contributed by atoms with van der Waals surface area (Å²) in [6, 6.07) is 11.2. The highest BCUT2D eigenvalue weighted by Gasteiger charge is 2.39. The fourth-order valence-electron chi connectivity index (χ4n) is 7.20. The van der Waals surface area contributed by atoms with Gasteiger partial charge in [0, 0.05) is 44.2 Å². The van der Waals surface area contributed by atoms with Crippen molar-refractivity contribution in [1.82, 2.24) is 9.62 Å². The highest BCUT2D eigenvalue weighted by atomic mass is 35.5. The second kappa shape index (κ2) is 14.3. The summed E-state index contributed by atoms with van der Waals surface area (Å²) in [6.07, 6.45) is 7.95. The van der Waals surface area contributed by atoms with Crippen molar-refractivity contribution in [2.75, 3.05) is 32.1 Å². The molecule has 3 aliphatic rings. The molecule has 0 radical (unpaired) electrons. The molecule has 2 aromatic carbocycles. The molecule has 1 N–H and O–H groups in total. The number of aryl methyl sites for hydroxylation is 1. The van der Waals surface area contributed by atoms with Crippen LogP contribution in [0.2, 0.25) is 5.02 Å². The Morgan fingerprint density at radius 2 is 1.82 bits per heavy atom. The fraction of sp³-hybridized carbons (Fsp3) is 0.600. The zero-order valence-corrected chi connectivity index (χ0v) is 28.6. The Labute approximate surface area is 273 Å². The summed E-state index contributed by atoms with van der Waals surface area (Å²) in [5.74, 6) is 1.12. The van der Waals surface area contributed by atoms with Gasteiger partial charge in [0.25, 0.3) is 5.91 Å². The van der Waals surface area contributed by atoms with Crippen LogP contribution in [0.15, 0.2) is 36.4 Å². The SMILES string of the molecule is C[C@@H]1[C@@H](C)CCC[C@H](CC(=O)N(C)C)[C@@H]2CC[C@H]2CN2CCCCc3cc(Cl)ccc3COc3ccc(cc32)C(=O)NS1(=O)=O. The van der Waals surface area contributed by atoms with Gasteiger partial charge < -0.3 is 14.5 Å². The summed E-state index contributed by atoms with van der Waals surface area (Å²) in [5.41, 5.74) is 3.36. The number of ether oxygens (including phenoxy) is 1. The van der Waals surface area contributed by atoms with E-state index in [-0.39, 0.29) is 17.7 Å². The second-order valence-electron chi connectivity index (χ2n) is 13.6. The molecule has 8 nitrogen and oxygen atoms in total. The molecule has 1 saturated carbocycles. The number of hydrogen-bond donors (Lipinski definition) is 1. The maximum absolute atomic E-state index is 13.4. The van der Waals surface area contributed by atoms with Gasteiger partial charge in [-0.05, 0) is 117 Å². The number of carbonyl (C=O) groups excluding carboxylic acids is 2. The molecule has 246 valence electrons. The first kappa shape index (κ1) is 33.6. The number of benzene rings is 2. The van der Waals surface area contributed by atoms with Gasteiger partial charge in [-0.1, -0.05) is 31.0 Å². The first-order valence-corrected chi connectivity index (χ1v) is 18.4. The van der Waals surface area contributed by atoms with Crippen LogP contribution in [0.1, 0.15) is 86.7 Å². The third-order valence-corrected chi connectivity index (χ3v) is 12.6. The van der Waals surface area contributed by atoms with Gasteiger partial charge in [0.15, 0.2) is 0 Å². The van der Waals surface area contributed by atoms with E-state index < -0.39 is 21.2 Å². The normalized spacial score (nSPS) is 27.4. The van der Waals surface area contributed by atoms with E-state index in [1.807, 2.05) is 39.2 Å². The smallest absolute Gasteiger partial charge is 0.264 e. The van der Waals surface area contributed by atoms with Gasteiger partial charge in [-0.3, -0.25) is 9.59 Å². The predicted molar refractivity (Wildman–Crippen MR) is 179 cm³/mol. The molecule has 2 bridgehead atoms. The zero-order valence-electron chi connectivity index (χ0n) is 27.1. The van der Waals surface area contributed by atoms with Crippen molar-refractivity contribution in [3.8, 4) is 5.75 Å². The van der Waals surface area contributed by atoms with Gasteiger partial charge >= 0.3 is 0 Å². The molecule has 5 atom stereocenters. The van der Waals surface area contributed by atoms with Crippen molar-refractivity contribution in [2.24, 2.45) is 23.7 Å². The molecular formula is C35H48ClN3O5S. The van der Waals surface area contributed by atoms with Crippen molar-refractivity contribution >= 4 is 39.1 Å². The third-order valence-electron chi connectivity index (χ3n) is 10.5. The summed E-state index contributed by atoms with van der Waals surface area (Å²) in [7, 11) is -0.277. The fourth-order valence-corrected chi connectivity index (χ4v) is 8.71. The van der Waals surface area contributed by atoms with E-state index in [0.717, 1.165) is 75.7 Å². The summed E-state index contributed by atoms with van der Waals surface area (Å²) >= 11 is 6.34. The van der Waals surface area contributed by atoms with E-state index in [1.54, 1.807) is 30.0 Å². The van der Waals surface area contributed by atoms with Gasteiger partial charge in [0.05, 0.1) is 10.9 Å². The second-order valence-corrected chi connectivity index (χ2v) is 16.1. The number of rotatable bonds is 2. The molecule has 5 rings (SSSR count). The summed E-state index contributed by atoms with van der Waals surface area (Å²) in [4.78, 5) is 30.4. The minimum absolute atomic E-state index is 0.139. The van der Waals surface area contributed by atoms with Crippen molar-refractivity contribution in [3.63, 3.8) is 0 Å². The predicted octanol–water partition coefficient (Wildman–Crippen LogP) is 6.45. The molecule has 0 unspecified atom stereocenters. The quantitative estimate of drug-likeness (QED) is 0.399. The number of nitrogens with one attached hydrogen (secondary N) is 1. The highest BCUT2D eigenvalue weighted by molar-refractivity contribution is 7.90. The Morgan fingerprint density at radius 3 is 2.56 bits per heavy atom. The Balaban J connectivity index is 1.53. The third kappa shape index (κ3) is 7.97. The Kier molecular flexibility index (Phi) is 10.7. The Hall–Kier alpha value is -2.78. The van der Waals surface area contributed by atoms with Gasteiger partial charge in [0.2, 0.25) is 15.9 Å². The lowest BCUT2D eigenvalue weighted by atomic mass is 9.64. The summed E-state index contributed by atoms with van der Waals surface area (Å²) < 4.78 is 35.5. The van der Waals surface area contributed by atoms with Crippen molar-refractivity contribution in [3.05, 3.63) is 58.1 Å². The van der Waals surface area contributed by atoms with E-state index >= 15 is 0 Å². The van der Waals surface area contributed by atoms with Gasteiger partial charge in [0.1, 0.15) is 12.4 Å². The van der Waals surface area contributed by atoms with E-state index in [4.69, 9.17) is 16.3 Å². The first-order valence-electron chi connectivity index (χ1n) is 16.5. The number of hydrogen-bond acceptors (Lipinski definition) is 6. The minimum atomic E-state index is -3.90. The van der Waals surface area contributed by atoms with Gasteiger partial charge in [-0.25, -0.2) is 13.1 Å². The van der Waals surface area contributed by atoms with Crippen LogP contribution < -0.4 is 14.4 Å². The molecule has 45 heavy (non-hydrogen) atoms. The van der Waals surface area contributed by atoms with Crippen LogP contribution in [0.5, 0.6) is 5.75 Å². The molecule has 1 aliphatic carbocycles. The number of sulfonamides is 1. The van der Waals surface area contributed by atoms with Crippen LogP contribution in [0.3, 0.4) is 0 Å². The highest BCUT2D eigenvalue weighted by Crippen LogP contribution is 2.45. The van der Waals surface area contributed by atoms with Gasteiger partial charge in [-0.2, -0.15) is 0 Å². The molecular weight excluding hydrogens is 610 g/mol. The van der Waals surface area contributed by atoms with E-state index in [1.165, 1.54) is 5.56 Å². The van der Waals surface area contributed by atoms with Crippen molar-refractivity contribution in [1.29, 1.82) is 0 Å². The average Bonchev–Trinajstić information content (AvgIpc) is 3.01. The monoisotopic (exact) mass is 657 g/mol. The number of nitrogens with zero attached hydrogens (tertiary/aromatic N) is 2. The minimum Gasteiger partial charge on any atom is -0.487 e. The molecule has 0 spiro atoms. The van der Waals surface area contributed by atoms with Crippen LogP contribution in [0.4, 0.5) is 5.69 Å². The lowest BCUT2D eigenvalue weighted by Gasteiger charge is -2.45. The van der Waals surface area contributed by atoms with E-state index in [2.05, 4.69) is 9.62 Å². The Morgan fingerprint density at radius 1 is 1.02 bits per heavy atom.